The lowest BCUT2D eigenvalue weighted by molar-refractivity contribution is -0.131. The normalized spacial score (nSPS) is 19.6. The minimum absolute atomic E-state index is 0.188. The summed E-state index contributed by atoms with van der Waals surface area (Å²) in [5.74, 6) is 1.50. The number of benzene rings is 1. The van der Waals surface area contributed by atoms with Gasteiger partial charge in [-0.05, 0) is 37.0 Å². The van der Waals surface area contributed by atoms with Gasteiger partial charge in [-0.1, -0.05) is 6.92 Å². The Bertz CT molecular complexity index is 498. The standard InChI is InChI=1S/C16H21NO3/c1-12-3-6-16(19)17(8-7-12)10-14-9-13(11-18)4-5-15(14)20-2/h4-5,9,11-12H,3,6-8,10H2,1-2H3. The number of likely N-dealkylation sites (tertiary alicyclic amines) is 1. The summed E-state index contributed by atoms with van der Waals surface area (Å²) in [7, 11) is 1.60. The van der Waals surface area contributed by atoms with Gasteiger partial charge in [-0.2, -0.15) is 0 Å². The van der Waals surface area contributed by atoms with E-state index in [-0.39, 0.29) is 5.91 Å². The third kappa shape index (κ3) is 3.38. The Morgan fingerprint density at radius 3 is 2.90 bits per heavy atom. The molecule has 1 heterocycles. The van der Waals surface area contributed by atoms with Crippen LogP contribution in [0.3, 0.4) is 0 Å². The zero-order valence-electron chi connectivity index (χ0n) is 12.1. The van der Waals surface area contributed by atoms with Gasteiger partial charge < -0.3 is 9.64 Å². The maximum Gasteiger partial charge on any atom is 0.222 e. The molecule has 0 radical (unpaired) electrons. The van der Waals surface area contributed by atoms with E-state index < -0.39 is 0 Å². The average Bonchev–Trinajstić information content (AvgIpc) is 2.62. The minimum Gasteiger partial charge on any atom is -0.496 e. The van der Waals surface area contributed by atoms with E-state index in [9.17, 15) is 9.59 Å². The predicted octanol–water partition coefficient (Wildman–Crippen LogP) is 2.66. The number of hydrogen-bond donors (Lipinski definition) is 0. The minimum atomic E-state index is 0.188. The van der Waals surface area contributed by atoms with Gasteiger partial charge in [0.1, 0.15) is 12.0 Å². The lowest BCUT2D eigenvalue weighted by atomic mass is 10.0. The van der Waals surface area contributed by atoms with E-state index in [1.54, 1.807) is 25.3 Å². The number of nitrogens with zero attached hydrogens (tertiary/aromatic N) is 1. The van der Waals surface area contributed by atoms with Gasteiger partial charge in [0, 0.05) is 30.6 Å². The van der Waals surface area contributed by atoms with Crippen LogP contribution in [0.5, 0.6) is 5.75 Å². The molecule has 108 valence electrons. The molecule has 4 nitrogen and oxygen atoms in total. The molecule has 1 fully saturated rings. The number of hydrogen-bond acceptors (Lipinski definition) is 3. The second-order valence-electron chi connectivity index (χ2n) is 5.44. The molecule has 1 saturated heterocycles. The van der Waals surface area contributed by atoms with Crippen molar-refractivity contribution < 1.29 is 14.3 Å². The third-order valence-corrected chi connectivity index (χ3v) is 3.90. The fourth-order valence-electron chi connectivity index (χ4n) is 2.54. The Balaban J connectivity index is 2.19. The molecule has 20 heavy (non-hydrogen) atoms. The fraction of sp³-hybridized carbons (Fsp3) is 0.500. The number of amides is 1. The predicted molar refractivity (Wildman–Crippen MR) is 76.8 cm³/mol. The summed E-state index contributed by atoms with van der Waals surface area (Å²) in [5.41, 5.74) is 1.50. The Morgan fingerprint density at radius 2 is 2.20 bits per heavy atom. The number of carbonyl (C=O) groups is 2. The largest absolute Gasteiger partial charge is 0.496 e. The third-order valence-electron chi connectivity index (χ3n) is 3.90. The zero-order valence-corrected chi connectivity index (χ0v) is 12.1. The van der Waals surface area contributed by atoms with Crippen molar-refractivity contribution in [3.8, 4) is 5.75 Å². The van der Waals surface area contributed by atoms with Crippen molar-refractivity contribution in [2.45, 2.75) is 32.7 Å². The van der Waals surface area contributed by atoms with Crippen LogP contribution in [-0.2, 0) is 11.3 Å². The van der Waals surface area contributed by atoms with E-state index in [0.717, 1.165) is 37.0 Å². The molecule has 0 aliphatic carbocycles. The molecule has 1 aliphatic heterocycles. The van der Waals surface area contributed by atoms with Gasteiger partial charge >= 0.3 is 0 Å². The van der Waals surface area contributed by atoms with E-state index in [2.05, 4.69) is 6.92 Å². The number of rotatable bonds is 4. The maximum atomic E-state index is 12.1. The number of aldehydes is 1. The topological polar surface area (TPSA) is 46.6 Å². The highest BCUT2D eigenvalue weighted by Gasteiger charge is 2.21. The molecule has 1 atom stereocenters. The van der Waals surface area contributed by atoms with Crippen molar-refractivity contribution in [2.24, 2.45) is 5.92 Å². The van der Waals surface area contributed by atoms with Crippen molar-refractivity contribution in [2.75, 3.05) is 13.7 Å². The van der Waals surface area contributed by atoms with Crippen molar-refractivity contribution in [3.63, 3.8) is 0 Å². The lowest BCUT2D eigenvalue weighted by Crippen LogP contribution is -2.30. The summed E-state index contributed by atoms with van der Waals surface area (Å²) in [6.45, 7) is 3.47. The van der Waals surface area contributed by atoms with Crippen molar-refractivity contribution in [3.05, 3.63) is 29.3 Å². The van der Waals surface area contributed by atoms with E-state index >= 15 is 0 Å². The first kappa shape index (κ1) is 14.6. The van der Waals surface area contributed by atoms with Crippen LogP contribution in [0, 0.1) is 5.92 Å². The Hall–Kier alpha value is -1.84. The van der Waals surface area contributed by atoms with Crippen LogP contribution in [-0.4, -0.2) is 30.7 Å². The SMILES string of the molecule is COc1ccc(C=O)cc1CN1CCC(C)CCC1=O. The second-order valence-corrected chi connectivity index (χ2v) is 5.44. The highest BCUT2D eigenvalue weighted by atomic mass is 16.5. The van der Waals surface area contributed by atoms with Gasteiger partial charge in [0.2, 0.25) is 5.91 Å². The first-order chi connectivity index (χ1) is 9.63. The van der Waals surface area contributed by atoms with Gasteiger partial charge in [0.15, 0.2) is 0 Å². The number of methoxy groups -OCH3 is 1. The quantitative estimate of drug-likeness (QED) is 0.794. The molecular weight excluding hydrogens is 254 g/mol. The van der Waals surface area contributed by atoms with Crippen LogP contribution in [0.25, 0.3) is 0 Å². The summed E-state index contributed by atoms with van der Waals surface area (Å²) < 4.78 is 5.32. The van der Waals surface area contributed by atoms with Crippen molar-refractivity contribution in [1.29, 1.82) is 0 Å². The molecule has 1 aromatic rings. The molecule has 0 N–H and O–H groups in total. The zero-order chi connectivity index (χ0) is 14.5. The molecule has 4 heteroatoms. The van der Waals surface area contributed by atoms with E-state index in [0.29, 0.717) is 24.4 Å². The van der Waals surface area contributed by atoms with E-state index in [4.69, 9.17) is 4.74 Å². The summed E-state index contributed by atoms with van der Waals surface area (Å²) in [4.78, 5) is 24.9. The first-order valence-corrected chi connectivity index (χ1v) is 7.04. The van der Waals surface area contributed by atoms with E-state index in [1.165, 1.54) is 0 Å². The van der Waals surface area contributed by atoms with Crippen LogP contribution in [0.1, 0.15) is 42.1 Å². The van der Waals surface area contributed by atoms with Crippen LogP contribution < -0.4 is 4.74 Å². The Labute approximate surface area is 119 Å². The Kier molecular flexibility index (Phi) is 4.77. The van der Waals surface area contributed by atoms with Gasteiger partial charge in [0.05, 0.1) is 7.11 Å². The highest BCUT2D eigenvalue weighted by Crippen LogP contribution is 2.24. The molecule has 2 rings (SSSR count). The molecule has 0 aromatic heterocycles. The number of ether oxygens (including phenoxy) is 1. The van der Waals surface area contributed by atoms with Gasteiger partial charge in [-0.25, -0.2) is 0 Å². The summed E-state index contributed by atoms with van der Waals surface area (Å²) in [6, 6.07) is 5.30. The molecule has 1 amide bonds. The van der Waals surface area contributed by atoms with Crippen LogP contribution in [0.2, 0.25) is 0 Å². The summed E-state index contributed by atoms with van der Waals surface area (Å²) in [5, 5.41) is 0. The summed E-state index contributed by atoms with van der Waals surface area (Å²) >= 11 is 0. The molecule has 0 saturated carbocycles. The van der Waals surface area contributed by atoms with Crippen LogP contribution >= 0.6 is 0 Å². The Morgan fingerprint density at radius 1 is 1.40 bits per heavy atom. The van der Waals surface area contributed by atoms with Crippen molar-refractivity contribution >= 4 is 12.2 Å². The lowest BCUT2D eigenvalue weighted by Gasteiger charge is -2.22. The van der Waals surface area contributed by atoms with Gasteiger partial charge in [-0.3, -0.25) is 9.59 Å². The average molecular weight is 275 g/mol. The first-order valence-electron chi connectivity index (χ1n) is 7.04. The fourth-order valence-corrected chi connectivity index (χ4v) is 2.54. The monoisotopic (exact) mass is 275 g/mol. The molecule has 0 bridgehead atoms. The second kappa shape index (κ2) is 6.55. The highest BCUT2D eigenvalue weighted by molar-refractivity contribution is 5.77. The molecular formula is C16H21NO3. The van der Waals surface area contributed by atoms with Crippen LogP contribution in [0.15, 0.2) is 18.2 Å². The molecule has 1 unspecified atom stereocenters. The van der Waals surface area contributed by atoms with Gasteiger partial charge in [-0.15, -0.1) is 0 Å². The van der Waals surface area contributed by atoms with Crippen molar-refractivity contribution in [1.82, 2.24) is 4.90 Å². The molecule has 0 spiro atoms. The maximum absolute atomic E-state index is 12.1. The number of carbonyl (C=O) groups excluding carboxylic acids is 2. The van der Waals surface area contributed by atoms with E-state index in [1.807, 2.05) is 4.90 Å². The van der Waals surface area contributed by atoms with Gasteiger partial charge in [0.25, 0.3) is 0 Å². The molecule has 1 aliphatic rings. The molecule has 1 aromatic carbocycles. The summed E-state index contributed by atoms with van der Waals surface area (Å²) in [6.07, 6.45) is 3.41. The smallest absolute Gasteiger partial charge is 0.222 e. The van der Waals surface area contributed by atoms with Crippen LogP contribution in [0.4, 0.5) is 0 Å².